The summed E-state index contributed by atoms with van der Waals surface area (Å²) in [5.74, 6) is -0.433. The number of carbonyl (C=O) groups is 2. The lowest BCUT2D eigenvalue weighted by atomic mass is 10.1. The molecule has 2 aliphatic rings. The first-order valence-electron chi connectivity index (χ1n) is 10.6. The molecular formula is C23H27N3O5S. The first-order valence-corrected chi connectivity index (χ1v) is 12.0. The van der Waals surface area contributed by atoms with Gasteiger partial charge in [-0.3, -0.25) is 14.5 Å². The summed E-state index contributed by atoms with van der Waals surface area (Å²) in [6.45, 7) is 3.20. The number of amides is 2. The van der Waals surface area contributed by atoms with Crippen LogP contribution in [-0.4, -0.2) is 68.8 Å². The van der Waals surface area contributed by atoms with Gasteiger partial charge in [-0.05, 0) is 29.3 Å². The van der Waals surface area contributed by atoms with Crippen molar-refractivity contribution in [3.05, 3.63) is 59.7 Å². The average molecular weight is 458 g/mol. The number of hydrogen-bond acceptors (Lipinski definition) is 5. The van der Waals surface area contributed by atoms with Crippen molar-refractivity contribution in [1.29, 1.82) is 0 Å². The molecule has 1 fully saturated rings. The zero-order valence-corrected chi connectivity index (χ0v) is 19.0. The molecule has 1 saturated heterocycles. The van der Waals surface area contributed by atoms with E-state index in [1.807, 2.05) is 30.3 Å². The van der Waals surface area contributed by atoms with E-state index < -0.39 is 16.1 Å². The van der Waals surface area contributed by atoms with Crippen LogP contribution in [0, 0.1) is 0 Å². The summed E-state index contributed by atoms with van der Waals surface area (Å²) in [7, 11) is -1.95. The van der Waals surface area contributed by atoms with Gasteiger partial charge < -0.3 is 9.64 Å². The van der Waals surface area contributed by atoms with E-state index in [0.717, 1.165) is 5.56 Å². The van der Waals surface area contributed by atoms with E-state index in [1.165, 1.54) is 22.2 Å². The molecule has 0 radical (unpaired) electrons. The highest BCUT2D eigenvalue weighted by Gasteiger charge is 2.39. The van der Waals surface area contributed by atoms with Gasteiger partial charge in [-0.1, -0.05) is 30.3 Å². The van der Waals surface area contributed by atoms with E-state index in [0.29, 0.717) is 44.1 Å². The second kappa shape index (κ2) is 9.01. The number of carbonyl (C=O) groups excluding carboxylic acids is 2. The number of benzene rings is 2. The second-order valence-electron chi connectivity index (χ2n) is 8.10. The largest absolute Gasteiger partial charge is 0.379 e. The van der Waals surface area contributed by atoms with Crippen molar-refractivity contribution in [3.8, 4) is 0 Å². The van der Waals surface area contributed by atoms with Crippen LogP contribution in [0.5, 0.6) is 0 Å². The van der Waals surface area contributed by atoms with E-state index in [-0.39, 0.29) is 23.1 Å². The quantitative estimate of drug-likeness (QED) is 0.681. The third-order valence-corrected chi connectivity index (χ3v) is 7.80. The summed E-state index contributed by atoms with van der Waals surface area (Å²) in [4.78, 5) is 29.0. The third kappa shape index (κ3) is 4.28. The van der Waals surface area contributed by atoms with Crippen molar-refractivity contribution in [2.24, 2.45) is 0 Å². The number of ether oxygens (including phenoxy) is 1. The summed E-state index contributed by atoms with van der Waals surface area (Å²) in [6.07, 6.45) is 0.277. The molecule has 2 heterocycles. The van der Waals surface area contributed by atoms with Gasteiger partial charge in [0.2, 0.25) is 21.8 Å². The standard InChI is InChI=1S/C23H27N3O5S/c1-17(27)26-21-9-8-20(32(29,30)25-10-12-31-13-11-25)14-19(21)15-22(26)23(28)24(2)16-18-6-4-3-5-7-18/h3-9,14,22H,10-13,15-16H2,1-2H3. The van der Waals surface area contributed by atoms with E-state index >= 15 is 0 Å². The molecule has 0 aliphatic carbocycles. The van der Waals surface area contributed by atoms with Gasteiger partial charge >= 0.3 is 0 Å². The zero-order chi connectivity index (χ0) is 22.9. The fourth-order valence-electron chi connectivity index (χ4n) is 4.30. The number of anilines is 1. The Bertz CT molecular complexity index is 1110. The molecule has 1 atom stereocenters. The van der Waals surface area contributed by atoms with Crippen molar-refractivity contribution in [2.45, 2.75) is 30.8 Å². The number of sulfonamides is 1. The smallest absolute Gasteiger partial charge is 0.246 e. The molecule has 2 amide bonds. The van der Waals surface area contributed by atoms with Crippen LogP contribution in [0.25, 0.3) is 0 Å². The van der Waals surface area contributed by atoms with Crippen molar-refractivity contribution in [3.63, 3.8) is 0 Å². The van der Waals surface area contributed by atoms with Gasteiger partial charge in [0.15, 0.2) is 0 Å². The van der Waals surface area contributed by atoms with E-state index in [2.05, 4.69) is 0 Å². The van der Waals surface area contributed by atoms with Gasteiger partial charge in [-0.25, -0.2) is 8.42 Å². The maximum Gasteiger partial charge on any atom is 0.246 e. The van der Waals surface area contributed by atoms with E-state index in [9.17, 15) is 18.0 Å². The fraction of sp³-hybridized carbons (Fsp3) is 0.391. The van der Waals surface area contributed by atoms with Crippen molar-refractivity contribution in [2.75, 3.05) is 38.3 Å². The van der Waals surface area contributed by atoms with Gasteiger partial charge in [0.25, 0.3) is 0 Å². The Balaban J connectivity index is 1.59. The third-order valence-electron chi connectivity index (χ3n) is 5.91. The predicted molar refractivity (Wildman–Crippen MR) is 120 cm³/mol. The summed E-state index contributed by atoms with van der Waals surface area (Å²) in [5.41, 5.74) is 2.26. The molecule has 0 N–H and O–H groups in total. The highest BCUT2D eigenvalue weighted by atomic mass is 32.2. The molecular weight excluding hydrogens is 430 g/mol. The number of fused-ring (bicyclic) bond motifs is 1. The minimum absolute atomic E-state index is 0.174. The normalized spacial score (nSPS) is 18.9. The summed E-state index contributed by atoms with van der Waals surface area (Å²) < 4.78 is 32.8. The number of likely N-dealkylation sites (N-methyl/N-ethyl adjacent to an activating group) is 1. The summed E-state index contributed by atoms with van der Waals surface area (Å²) in [6, 6.07) is 13.7. The monoisotopic (exact) mass is 457 g/mol. The number of morpholine rings is 1. The lowest BCUT2D eigenvalue weighted by Crippen LogP contribution is -2.47. The Morgan fingerprint density at radius 3 is 2.44 bits per heavy atom. The first-order chi connectivity index (χ1) is 15.3. The molecule has 170 valence electrons. The topological polar surface area (TPSA) is 87.2 Å². The minimum Gasteiger partial charge on any atom is -0.379 e. The van der Waals surface area contributed by atoms with Gasteiger partial charge in [0, 0.05) is 45.7 Å². The van der Waals surface area contributed by atoms with E-state index in [1.54, 1.807) is 24.1 Å². The van der Waals surface area contributed by atoms with Crippen LogP contribution in [0.4, 0.5) is 5.69 Å². The Morgan fingerprint density at radius 2 is 1.78 bits per heavy atom. The van der Waals surface area contributed by atoms with Crippen LogP contribution in [0.15, 0.2) is 53.4 Å². The van der Waals surface area contributed by atoms with Gasteiger partial charge in [0.1, 0.15) is 6.04 Å². The average Bonchev–Trinajstić information content (AvgIpc) is 3.19. The highest BCUT2D eigenvalue weighted by Crippen LogP contribution is 2.35. The SMILES string of the molecule is CC(=O)N1c2ccc(S(=O)(=O)N3CCOCC3)cc2CC1C(=O)N(C)Cc1ccccc1. The van der Waals surface area contributed by atoms with Crippen LogP contribution in [0.1, 0.15) is 18.1 Å². The van der Waals surface area contributed by atoms with Crippen LogP contribution in [-0.2, 0) is 37.3 Å². The van der Waals surface area contributed by atoms with Crippen molar-refractivity contribution >= 4 is 27.5 Å². The highest BCUT2D eigenvalue weighted by molar-refractivity contribution is 7.89. The zero-order valence-electron chi connectivity index (χ0n) is 18.2. The molecule has 2 aliphatic heterocycles. The number of hydrogen-bond donors (Lipinski definition) is 0. The lowest BCUT2D eigenvalue weighted by Gasteiger charge is -2.28. The summed E-state index contributed by atoms with van der Waals surface area (Å²) >= 11 is 0. The molecule has 8 nitrogen and oxygen atoms in total. The Hall–Kier alpha value is -2.75. The Morgan fingerprint density at radius 1 is 1.09 bits per heavy atom. The van der Waals surface area contributed by atoms with Crippen molar-refractivity contribution in [1.82, 2.24) is 9.21 Å². The van der Waals surface area contributed by atoms with Crippen LogP contribution >= 0.6 is 0 Å². The van der Waals surface area contributed by atoms with Crippen molar-refractivity contribution < 1.29 is 22.7 Å². The molecule has 2 aromatic carbocycles. The van der Waals surface area contributed by atoms with Gasteiger partial charge in [-0.2, -0.15) is 4.31 Å². The van der Waals surface area contributed by atoms with Gasteiger partial charge in [0.05, 0.1) is 18.1 Å². The molecule has 32 heavy (non-hydrogen) atoms. The predicted octanol–water partition coefficient (Wildman–Crippen LogP) is 1.64. The molecule has 4 rings (SSSR count). The first kappa shape index (κ1) is 22.4. The van der Waals surface area contributed by atoms with Crippen LogP contribution < -0.4 is 4.90 Å². The molecule has 0 spiro atoms. The molecule has 1 unspecified atom stereocenters. The lowest BCUT2D eigenvalue weighted by molar-refractivity contribution is -0.133. The maximum atomic E-state index is 13.3. The molecule has 0 saturated carbocycles. The van der Waals surface area contributed by atoms with Gasteiger partial charge in [-0.15, -0.1) is 0 Å². The molecule has 0 bridgehead atoms. The molecule has 9 heteroatoms. The maximum absolute atomic E-state index is 13.3. The Kier molecular flexibility index (Phi) is 6.32. The van der Waals surface area contributed by atoms with Crippen LogP contribution in [0.2, 0.25) is 0 Å². The molecule has 2 aromatic rings. The number of nitrogens with zero attached hydrogens (tertiary/aromatic N) is 3. The minimum atomic E-state index is -3.66. The van der Waals surface area contributed by atoms with E-state index in [4.69, 9.17) is 4.74 Å². The number of rotatable bonds is 5. The summed E-state index contributed by atoms with van der Waals surface area (Å²) in [5, 5.41) is 0. The van der Waals surface area contributed by atoms with Crippen LogP contribution in [0.3, 0.4) is 0 Å². The molecule has 0 aromatic heterocycles. The fourth-order valence-corrected chi connectivity index (χ4v) is 5.76. The second-order valence-corrected chi connectivity index (χ2v) is 10.0. The Labute approximate surface area is 188 Å².